The fraction of sp³-hybridized carbons (Fsp3) is 0.818. The van der Waals surface area contributed by atoms with E-state index in [9.17, 15) is 8.42 Å². The predicted octanol–water partition coefficient (Wildman–Crippen LogP) is -0.126. The molecule has 1 saturated heterocycles. The minimum absolute atomic E-state index is 0.194. The van der Waals surface area contributed by atoms with Crippen molar-refractivity contribution in [3.8, 4) is 0 Å². The molecule has 1 unspecified atom stereocenters. The molecular weight excluding hydrogens is 266 g/mol. The van der Waals surface area contributed by atoms with Gasteiger partial charge in [0.1, 0.15) is 5.82 Å². The second-order valence-electron chi connectivity index (χ2n) is 5.08. The van der Waals surface area contributed by atoms with Crippen molar-refractivity contribution in [2.75, 3.05) is 25.9 Å². The first-order valence-electron chi connectivity index (χ1n) is 6.50. The lowest BCUT2D eigenvalue weighted by Crippen LogP contribution is -2.38. The van der Waals surface area contributed by atoms with Gasteiger partial charge in [-0.2, -0.15) is 9.40 Å². The number of hydrogen-bond acceptors (Lipinski definition) is 5. The summed E-state index contributed by atoms with van der Waals surface area (Å²) in [4.78, 5) is 4.13. The zero-order valence-electron chi connectivity index (χ0n) is 11.4. The lowest BCUT2D eigenvalue weighted by molar-refractivity contribution is 0.389. The van der Waals surface area contributed by atoms with Crippen molar-refractivity contribution in [1.29, 1.82) is 0 Å². The summed E-state index contributed by atoms with van der Waals surface area (Å²) in [5.74, 6) is 1.60. The molecule has 108 valence electrons. The number of nitrogens with one attached hydrogen (secondary N) is 2. The lowest BCUT2D eigenvalue weighted by atomic mass is 10.0. The van der Waals surface area contributed by atoms with Crippen molar-refractivity contribution in [3.63, 3.8) is 0 Å². The van der Waals surface area contributed by atoms with Gasteiger partial charge < -0.3 is 5.32 Å². The molecule has 0 bridgehead atoms. The van der Waals surface area contributed by atoms with Gasteiger partial charge in [0.15, 0.2) is 5.82 Å². The maximum Gasteiger partial charge on any atom is 0.214 e. The minimum Gasteiger partial charge on any atom is -0.316 e. The van der Waals surface area contributed by atoms with Crippen LogP contribution in [0.3, 0.4) is 0 Å². The molecule has 19 heavy (non-hydrogen) atoms. The Morgan fingerprint density at radius 3 is 2.84 bits per heavy atom. The highest BCUT2D eigenvalue weighted by atomic mass is 32.2. The number of H-pyrrole nitrogens is 1. The second kappa shape index (κ2) is 5.98. The van der Waals surface area contributed by atoms with Gasteiger partial charge in [-0.3, -0.25) is 5.10 Å². The first-order chi connectivity index (χ1) is 8.97. The molecule has 1 aliphatic rings. The van der Waals surface area contributed by atoms with Gasteiger partial charge in [-0.1, -0.05) is 0 Å². The van der Waals surface area contributed by atoms with Crippen LogP contribution in [-0.4, -0.2) is 53.8 Å². The summed E-state index contributed by atoms with van der Waals surface area (Å²) in [5.41, 5.74) is 0. The molecule has 2 N–H and O–H groups in total. The Labute approximate surface area is 113 Å². The SMILES string of the molecule is Cc1nc(CN(C)S(=O)(=O)CC2CCCNC2)n[nH]1. The van der Waals surface area contributed by atoms with Crippen LogP contribution < -0.4 is 5.32 Å². The Hall–Kier alpha value is -0.990. The van der Waals surface area contributed by atoms with E-state index in [-0.39, 0.29) is 18.2 Å². The number of aromatic amines is 1. The Morgan fingerprint density at radius 2 is 2.26 bits per heavy atom. The maximum absolute atomic E-state index is 12.2. The highest BCUT2D eigenvalue weighted by Crippen LogP contribution is 2.15. The van der Waals surface area contributed by atoms with Crippen LogP contribution in [0.5, 0.6) is 0 Å². The summed E-state index contributed by atoms with van der Waals surface area (Å²) in [5, 5.41) is 9.91. The number of rotatable bonds is 5. The number of aromatic nitrogens is 3. The van der Waals surface area contributed by atoms with Crippen molar-refractivity contribution in [1.82, 2.24) is 24.8 Å². The minimum atomic E-state index is -3.25. The maximum atomic E-state index is 12.2. The van der Waals surface area contributed by atoms with Crippen LogP contribution in [0.1, 0.15) is 24.5 Å². The highest BCUT2D eigenvalue weighted by molar-refractivity contribution is 7.89. The predicted molar refractivity (Wildman–Crippen MR) is 72.0 cm³/mol. The highest BCUT2D eigenvalue weighted by Gasteiger charge is 2.25. The van der Waals surface area contributed by atoms with Gasteiger partial charge in [-0.15, -0.1) is 0 Å². The molecule has 1 aromatic heterocycles. The number of aryl methyl sites for hydroxylation is 1. The van der Waals surface area contributed by atoms with E-state index in [2.05, 4.69) is 20.5 Å². The van der Waals surface area contributed by atoms with Gasteiger partial charge >= 0.3 is 0 Å². The molecule has 1 atom stereocenters. The average Bonchev–Trinajstić information content (AvgIpc) is 2.75. The summed E-state index contributed by atoms with van der Waals surface area (Å²) in [6, 6.07) is 0. The number of sulfonamides is 1. The molecule has 0 aliphatic carbocycles. The van der Waals surface area contributed by atoms with E-state index in [4.69, 9.17) is 0 Å². The van der Waals surface area contributed by atoms with Gasteiger partial charge in [0.05, 0.1) is 12.3 Å². The summed E-state index contributed by atoms with van der Waals surface area (Å²) in [7, 11) is -1.67. The molecule has 0 spiro atoms. The summed E-state index contributed by atoms with van der Waals surface area (Å²) in [6.07, 6.45) is 2.02. The quantitative estimate of drug-likeness (QED) is 0.787. The van der Waals surface area contributed by atoms with Crippen LogP contribution in [0.25, 0.3) is 0 Å². The average molecular weight is 287 g/mol. The summed E-state index contributed by atoms with van der Waals surface area (Å²) < 4.78 is 25.8. The molecular formula is C11H21N5O2S. The topological polar surface area (TPSA) is 91.0 Å². The van der Waals surface area contributed by atoms with Crippen molar-refractivity contribution in [3.05, 3.63) is 11.6 Å². The molecule has 2 heterocycles. The van der Waals surface area contributed by atoms with E-state index in [0.717, 1.165) is 25.9 Å². The van der Waals surface area contributed by atoms with Crippen LogP contribution in [0.2, 0.25) is 0 Å². The molecule has 1 aliphatic heterocycles. The zero-order valence-corrected chi connectivity index (χ0v) is 12.2. The Kier molecular flexibility index (Phi) is 4.54. The number of piperidine rings is 1. The molecule has 1 aromatic rings. The molecule has 1 fully saturated rings. The zero-order chi connectivity index (χ0) is 13.9. The first-order valence-corrected chi connectivity index (χ1v) is 8.11. The van der Waals surface area contributed by atoms with Gasteiger partial charge in [0.2, 0.25) is 10.0 Å². The molecule has 7 nitrogen and oxygen atoms in total. The van der Waals surface area contributed by atoms with Crippen LogP contribution in [0, 0.1) is 12.8 Å². The molecule has 2 rings (SSSR count). The molecule has 8 heteroatoms. The Bertz CT molecular complexity index is 507. The first kappa shape index (κ1) is 14.4. The smallest absolute Gasteiger partial charge is 0.214 e. The normalized spacial score (nSPS) is 20.9. The van der Waals surface area contributed by atoms with Crippen molar-refractivity contribution < 1.29 is 8.42 Å². The number of nitrogens with zero attached hydrogens (tertiary/aromatic N) is 3. The standard InChI is InChI=1S/C11H21N5O2S/c1-9-13-11(15-14-9)7-16(2)19(17,18)8-10-4-3-5-12-6-10/h10,12H,3-8H2,1-2H3,(H,13,14,15). The second-order valence-corrected chi connectivity index (χ2v) is 7.20. The monoisotopic (exact) mass is 287 g/mol. The van der Waals surface area contributed by atoms with Crippen LogP contribution >= 0.6 is 0 Å². The molecule has 0 saturated carbocycles. The van der Waals surface area contributed by atoms with Crippen LogP contribution in [0.4, 0.5) is 0 Å². The van der Waals surface area contributed by atoms with E-state index in [1.54, 1.807) is 14.0 Å². The van der Waals surface area contributed by atoms with Gasteiger partial charge in [0, 0.05) is 7.05 Å². The molecule has 0 aromatic carbocycles. The lowest BCUT2D eigenvalue weighted by Gasteiger charge is -2.24. The Morgan fingerprint density at radius 1 is 1.47 bits per heavy atom. The van der Waals surface area contributed by atoms with E-state index < -0.39 is 10.0 Å². The van der Waals surface area contributed by atoms with Gasteiger partial charge in [-0.05, 0) is 38.8 Å². The van der Waals surface area contributed by atoms with Crippen molar-refractivity contribution in [2.24, 2.45) is 5.92 Å². The fourth-order valence-electron chi connectivity index (χ4n) is 2.25. The van der Waals surface area contributed by atoms with Gasteiger partial charge in [0.25, 0.3) is 0 Å². The van der Waals surface area contributed by atoms with E-state index in [1.165, 1.54) is 4.31 Å². The molecule has 0 amide bonds. The molecule has 0 radical (unpaired) electrons. The van der Waals surface area contributed by atoms with E-state index >= 15 is 0 Å². The Balaban J connectivity index is 1.94. The van der Waals surface area contributed by atoms with E-state index in [1.807, 2.05) is 0 Å². The fourth-order valence-corrected chi connectivity index (χ4v) is 3.70. The van der Waals surface area contributed by atoms with Crippen LogP contribution in [-0.2, 0) is 16.6 Å². The largest absolute Gasteiger partial charge is 0.316 e. The number of hydrogen-bond donors (Lipinski definition) is 2. The van der Waals surface area contributed by atoms with Gasteiger partial charge in [-0.25, -0.2) is 13.4 Å². The van der Waals surface area contributed by atoms with E-state index in [0.29, 0.717) is 11.6 Å². The third kappa shape index (κ3) is 3.99. The third-order valence-electron chi connectivity index (χ3n) is 3.33. The third-order valence-corrected chi connectivity index (χ3v) is 5.30. The van der Waals surface area contributed by atoms with Crippen LogP contribution in [0.15, 0.2) is 0 Å². The summed E-state index contributed by atoms with van der Waals surface area (Å²) >= 11 is 0. The summed E-state index contributed by atoms with van der Waals surface area (Å²) in [6.45, 7) is 3.78. The van der Waals surface area contributed by atoms with Crippen molar-refractivity contribution >= 4 is 10.0 Å². The van der Waals surface area contributed by atoms with Crippen molar-refractivity contribution in [2.45, 2.75) is 26.3 Å².